The van der Waals surface area contributed by atoms with Crippen LogP contribution in [0.5, 0.6) is 0 Å². The summed E-state index contributed by atoms with van der Waals surface area (Å²) >= 11 is 4.82. The summed E-state index contributed by atoms with van der Waals surface area (Å²) in [6.07, 6.45) is 0.633. The average molecular weight is 307 g/mol. The van der Waals surface area contributed by atoms with E-state index in [4.69, 9.17) is 4.74 Å². The number of nitrogens with zero attached hydrogens (tertiary/aromatic N) is 1. The standard InChI is InChI=1S/C10H15BrN2O2S/c1-10(14,8-9(11)13-6-16-8)4-7-5-15-3-2-12-7/h6-7,12,14H,2-5H2,1H3. The Morgan fingerprint density at radius 3 is 3.19 bits per heavy atom. The van der Waals surface area contributed by atoms with Crippen LogP contribution < -0.4 is 5.32 Å². The molecule has 0 radical (unpaired) electrons. The third-order valence-electron chi connectivity index (χ3n) is 2.66. The Hall–Kier alpha value is -0.0100. The van der Waals surface area contributed by atoms with Gasteiger partial charge in [0, 0.05) is 12.6 Å². The van der Waals surface area contributed by atoms with Crippen molar-refractivity contribution in [3.63, 3.8) is 0 Å². The summed E-state index contributed by atoms with van der Waals surface area (Å²) in [5.74, 6) is 0. The Kier molecular flexibility index (Phi) is 3.97. The Balaban J connectivity index is 2.04. The zero-order valence-corrected chi connectivity index (χ0v) is 11.5. The van der Waals surface area contributed by atoms with E-state index >= 15 is 0 Å². The molecule has 2 atom stereocenters. The van der Waals surface area contributed by atoms with Crippen molar-refractivity contribution >= 4 is 27.3 Å². The minimum absolute atomic E-state index is 0.206. The van der Waals surface area contributed by atoms with E-state index in [1.807, 2.05) is 6.92 Å². The molecular weight excluding hydrogens is 292 g/mol. The molecular formula is C10H15BrN2O2S. The molecule has 1 aromatic rings. The summed E-state index contributed by atoms with van der Waals surface area (Å²) in [6.45, 7) is 4.08. The minimum Gasteiger partial charge on any atom is -0.384 e. The van der Waals surface area contributed by atoms with E-state index in [0.717, 1.165) is 22.6 Å². The van der Waals surface area contributed by atoms with E-state index in [2.05, 4.69) is 26.2 Å². The fraction of sp³-hybridized carbons (Fsp3) is 0.700. The first-order valence-corrected chi connectivity index (χ1v) is 6.90. The molecule has 0 aromatic carbocycles. The van der Waals surface area contributed by atoms with Gasteiger partial charge in [-0.05, 0) is 29.3 Å². The molecule has 90 valence electrons. The maximum absolute atomic E-state index is 10.5. The summed E-state index contributed by atoms with van der Waals surface area (Å²) in [6, 6.07) is 0.206. The van der Waals surface area contributed by atoms with Crippen LogP contribution in [-0.4, -0.2) is 35.9 Å². The van der Waals surface area contributed by atoms with Crippen LogP contribution in [0, 0.1) is 0 Å². The van der Waals surface area contributed by atoms with Crippen LogP contribution in [-0.2, 0) is 10.3 Å². The number of nitrogens with one attached hydrogen (secondary N) is 1. The topological polar surface area (TPSA) is 54.4 Å². The summed E-state index contributed by atoms with van der Waals surface area (Å²) in [7, 11) is 0. The van der Waals surface area contributed by atoms with Crippen LogP contribution in [0.25, 0.3) is 0 Å². The van der Waals surface area contributed by atoms with Crippen molar-refractivity contribution in [1.82, 2.24) is 10.3 Å². The lowest BCUT2D eigenvalue weighted by Crippen LogP contribution is -2.45. The second-order valence-corrected chi connectivity index (χ2v) is 5.78. The number of aromatic nitrogens is 1. The highest BCUT2D eigenvalue weighted by atomic mass is 79.9. The molecule has 16 heavy (non-hydrogen) atoms. The van der Waals surface area contributed by atoms with Gasteiger partial charge in [-0.25, -0.2) is 4.98 Å². The fourth-order valence-corrected chi connectivity index (χ4v) is 3.60. The first-order valence-electron chi connectivity index (χ1n) is 5.22. The van der Waals surface area contributed by atoms with E-state index in [-0.39, 0.29) is 6.04 Å². The van der Waals surface area contributed by atoms with Crippen molar-refractivity contribution in [2.24, 2.45) is 0 Å². The maximum atomic E-state index is 10.5. The monoisotopic (exact) mass is 306 g/mol. The molecule has 0 bridgehead atoms. The Labute approximate surface area is 107 Å². The lowest BCUT2D eigenvalue weighted by atomic mass is 9.95. The molecule has 1 saturated heterocycles. The number of hydrogen-bond acceptors (Lipinski definition) is 5. The number of hydrogen-bond donors (Lipinski definition) is 2. The molecule has 2 unspecified atom stereocenters. The first kappa shape index (κ1) is 12.4. The summed E-state index contributed by atoms with van der Waals surface area (Å²) in [4.78, 5) is 4.97. The minimum atomic E-state index is -0.863. The van der Waals surface area contributed by atoms with Gasteiger partial charge < -0.3 is 15.2 Å². The predicted molar refractivity (Wildman–Crippen MR) is 66.6 cm³/mol. The molecule has 0 amide bonds. The van der Waals surface area contributed by atoms with Gasteiger partial charge in [0.25, 0.3) is 0 Å². The number of morpholine rings is 1. The first-order chi connectivity index (χ1) is 7.59. The van der Waals surface area contributed by atoms with Crippen molar-refractivity contribution in [2.75, 3.05) is 19.8 Å². The molecule has 0 saturated carbocycles. The molecule has 0 aliphatic carbocycles. The van der Waals surface area contributed by atoms with Crippen molar-refractivity contribution in [3.05, 3.63) is 15.0 Å². The van der Waals surface area contributed by atoms with Crippen molar-refractivity contribution < 1.29 is 9.84 Å². The van der Waals surface area contributed by atoms with E-state index in [1.54, 1.807) is 5.51 Å². The Bertz CT molecular complexity index is 350. The maximum Gasteiger partial charge on any atom is 0.123 e. The van der Waals surface area contributed by atoms with Gasteiger partial charge in [-0.1, -0.05) is 0 Å². The highest BCUT2D eigenvalue weighted by Crippen LogP contribution is 2.34. The Morgan fingerprint density at radius 2 is 2.62 bits per heavy atom. The SMILES string of the molecule is CC(O)(CC1COCCN1)c1scnc1Br. The number of rotatable bonds is 3. The number of thiazole rings is 1. The predicted octanol–water partition coefficient (Wildman–Crippen LogP) is 1.49. The molecule has 2 rings (SSSR count). The fourth-order valence-electron chi connectivity index (χ4n) is 1.91. The van der Waals surface area contributed by atoms with Crippen LogP contribution in [0.4, 0.5) is 0 Å². The highest BCUT2D eigenvalue weighted by Gasteiger charge is 2.31. The summed E-state index contributed by atoms with van der Waals surface area (Å²) < 4.78 is 6.11. The molecule has 1 aliphatic rings. The smallest absolute Gasteiger partial charge is 0.123 e. The van der Waals surface area contributed by atoms with Crippen molar-refractivity contribution in [2.45, 2.75) is 25.0 Å². The van der Waals surface area contributed by atoms with Gasteiger partial charge in [0.1, 0.15) is 10.2 Å². The largest absolute Gasteiger partial charge is 0.384 e. The third kappa shape index (κ3) is 2.81. The quantitative estimate of drug-likeness (QED) is 0.888. The van der Waals surface area contributed by atoms with Crippen molar-refractivity contribution in [3.8, 4) is 0 Å². The van der Waals surface area contributed by atoms with E-state index in [1.165, 1.54) is 11.3 Å². The van der Waals surface area contributed by atoms with E-state index < -0.39 is 5.60 Å². The third-order valence-corrected chi connectivity index (χ3v) is 4.60. The van der Waals surface area contributed by atoms with Crippen LogP contribution in [0.15, 0.2) is 10.1 Å². The molecule has 2 heterocycles. The number of ether oxygens (including phenoxy) is 1. The van der Waals surface area contributed by atoms with Gasteiger partial charge >= 0.3 is 0 Å². The number of aliphatic hydroxyl groups is 1. The number of halogens is 1. The highest BCUT2D eigenvalue weighted by molar-refractivity contribution is 9.10. The molecule has 1 fully saturated rings. The van der Waals surface area contributed by atoms with Crippen molar-refractivity contribution in [1.29, 1.82) is 0 Å². The molecule has 1 aliphatic heterocycles. The molecule has 4 nitrogen and oxygen atoms in total. The van der Waals surface area contributed by atoms with E-state index in [0.29, 0.717) is 13.0 Å². The van der Waals surface area contributed by atoms with Gasteiger partial charge in [-0.2, -0.15) is 0 Å². The lowest BCUT2D eigenvalue weighted by Gasteiger charge is -2.30. The van der Waals surface area contributed by atoms with Crippen LogP contribution in [0.2, 0.25) is 0 Å². The molecule has 0 spiro atoms. The van der Waals surface area contributed by atoms with Crippen LogP contribution in [0.3, 0.4) is 0 Å². The van der Waals surface area contributed by atoms with Gasteiger partial charge in [0.2, 0.25) is 0 Å². The lowest BCUT2D eigenvalue weighted by molar-refractivity contribution is 0.00495. The Morgan fingerprint density at radius 1 is 1.81 bits per heavy atom. The molecule has 2 N–H and O–H groups in total. The van der Waals surface area contributed by atoms with Gasteiger partial charge in [0.15, 0.2) is 0 Å². The normalized spacial score (nSPS) is 25.3. The average Bonchev–Trinajstić information content (AvgIpc) is 2.66. The zero-order valence-electron chi connectivity index (χ0n) is 9.07. The second-order valence-electron chi connectivity index (χ2n) is 4.18. The van der Waals surface area contributed by atoms with E-state index in [9.17, 15) is 5.11 Å². The zero-order chi connectivity index (χ0) is 11.6. The molecule has 1 aromatic heterocycles. The van der Waals surface area contributed by atoms with Crippen LogP contribution >= 0.6 is 27.3 Å². The van der Waals surface area contributed by atoms with Gasteiger partial charge in [-0.15, -0.1) is 11.3 Å². The van der Waals surface area contributed by atoms with Gasteiger partial charge in [0.05, 0.1) is 23.6 Å². The summed E-state index contributed by atoms with van der Waals surface area (Å²) in [5, 5.41) is 13.8. The van der Waals surface area contributed by atoms with Crippen LogP contribution in [0.1, 0.15) is 18.2 Å². The summed E-state index contributed by atoms with van der Waals surface area (Å²) in [5.41, 5.74) is 0.872. The molecule has 6 heteroatoms. The van der Waals surface area contributed by atoms with Gasteiger partial charge in [-0.3, -0.25) is 0 Å². The second kappa shape index (κ2) is 5.10.